The van der Waals surface area contributed by atoms with Crippen LogP contribution in [0.5, 0.6) is 0 Å². The number of carbonyl (C=O) groups is 1. The van der Waals surface area contributed by atoms with Crippen LogP contribution in [0.1, 0.15) is 20.3 Å². The Kier molecular flexibility index (Phi) is 6.46. The van der Waals surface area contributed by atoms with Gasteiger partial charge in [-0.25, -0.2) is 9.37 Å². The molecule has 0 aliphatic carbocycles. The molecule has 1 aromatic heterocycles. The van der Waals surface area contributed by atoms with Gasteiger partial charge in [0.25, 0.3) is 5.56 Å². The van der Waals surface area contributed by atoms with Gasteiger partial charge in [-0.3, -0.25) is 14.2 Å². The first-order valence-electron chi connectivity index (χ1n) is 9.13. The number of thioether (sulfide) groups is 1. The molecular formula is C21H22FN3O2S. The molecule has 2 aromatic carbocycles. The van der Waals surface area contributed by atoms with Gasteiger partial charge in [0.1, 0.15) is 5.82 Å². The summed E-state index contributed by atoms with van der Waals surface area (Å²) < 4.78 is 15.1. The van der Waals surface area contributed by atoms with Crippen molar-refractivity contribution in [2.75, 3.05) is 12.3 Å². The van der Waals surface area contributed by atoms with Crippen molar-refractivity contribution in [2.45, 2.75) is 25.4 Å². The maximum atomic E-state index is 13.7. The number of hydrogen-bond donors (Lipinski definition) is 1. The van der Waals surface area contributed by atoms with Crippen molar-refractivity contribution in [3.63, 3.8) is 0 Å². The maximum Gasteiger partial charge on any atom is 0.266 e. The van der Waals surface area contributed by atoms with Gasteiger partial charge in [0.05, 0.1) is 22.3 Å². The van der Waals surface area contributed by atoms with E-state index >= 15 is 0 Å². The van der Waals surface area contributed by atoms with Crippen molar-refractivity contribution in [3.8, 4) is 5.69 Å². The summed E-state index contributed by atoms with van der Waals surface area (Å²) in [7, 11) is 0. The van der Waals surface area contributed by atoms with Crippen LogP contribution in [0.4, 0.5) is 4.39 Å². The van der Waals surface area contributed by atoms with Crippen LogP contribution in [0.2, 0.25) is 0 Å². The van der Waals surface area contributed by atoms with Crippen LogP contribution >= 0.6 is 11.8 Å². The van der Waals surface area contributed by atoms with Gasteiger partial charge in [-0.2, -0.15) is 0 Å². The van der Waals surface area contributed by atoms with Crippen LogP contribution in [-0.2, 0) is 4.79 Å². The highest BCUT2D eigenvalue weighted by atomic mass is 32.2. The van der Waals surface area contributed by atoms with Crippen LogP contribution in [0.15, 0.2) is 58.5 Å². The van der Waals surface area contributed by atoms with Crippen LogP contribution < -0.4 is 10.9 Å². The van der Waals surface area contributed by atoms with E-state index in [2.05, 4.69) is 24.1 Å². The third-order valence-corrected chi connectivity index (χ3v) is 5.13. The van der Waals surface area contributed by atoms with E-state index in [1.807, 2.05) is 0 Å². The molecular weight excluding hydrogens is 377 g/mol. The Morgan fingerprint density at radius 2 is 2.00 bits per heavy atom. The topological polar surface area (TPSA) is 64.0 Å². The second kappa shape index (κ2) is 9.01. The predicted molar refractivity (Wildman–Crippen MR) is 110 cm³/mol. The Balaban J connectivity index is 1.93. The third kappa shape index (κ3) is 4.78. The number of benzene rings is 2. The van der Waals surface area contributed by atoms with Gasteiger partial charge < -0.3 is 5.32 Å². The second-order valence-corrected chi connectivity index (χ2v) is 7.80. The standard InChI is InChI=1S/C21H22FN3O2S/c1-14(2)10-11-23-19(26)13-28-21-24-18-9-4-3-8-17(18)20(27)25(21)16-7-5-6-15(22)12-16/h3-9,12,14H,10-11,13H2,1-2H3,(H,23,26). The summed E-state index contributed by atoms with van der Waals surface area (Å²) >= 11 is 1.16. The van der Waals surface area contributed by atoms with Crippen molar-refractivity contribution in [1.29, 1.82) is 0 Å². The largest absolute Gasteiger partial charge is 0.355 e. The van der Waals surface area contributed by atoms with Crippen molar-refractivity contribution >= 4 is 28.6 Å². The molecule has 1 N–H and O–H groups in total. The van der Waals surface area contributed by atoms with Crippen LogP contribution in [0, 0.1) is 11.7 Å². The molecule has 1 amide bonds. The zero-order valence-corrected chi connectivity index (χ0v) is 16.6. The first kappa shape index (κ1) is 20.1. The number of hydrogen-bond acceptors (Lipinski definition) is 4. The van der Waals surface area contributed by atoms with E-state index in [0.29, 0.717) is 34.2 Å². The molecule has 0 aliphatic rings. The number of aromatic nitrogens is 2. The Bertz CT molecular complexity index is 1050. The molecule has 0 aliphatic heterocycles. The molecule has 1 heterocycles. The lowest BCUT2D eigenvalue weighted by Gasteiger charge is -2.13. The van der Waals surface area contributed by atoms with Gasteiger partial charge >= 0.3 is 0 Å². The highest BCUT2D eigenvalue weighted by Gasteiger charge is 2.15. The van der Waals surface area contributed by atoms with Gasteiger partial charge in [-0.15, -0.1) is 0 Å². The van der Waals surface area contributed by atoms with E-state index in [9.17, 15) is 14.0 Å². The highest BCUT2D eigenvalue weighted by Crippen LogP contribution is 2.21. The average molecular weight is 399 g/mol. The van der Waals surface area contributed by atoms with Gasteiger partial charge in [-0.1, -0.05) is 43.8 Å². The quantitative estimate of drug-likeness (QED) is 0.485. The molecule has 0 unspecified atom stereocenters. The number of halogens is 1. The van der Waals surface area contributed by atoms with Crippen molar-refractivity contribution in [3.05, 3.63) is 64.7 Å². The van der Waals surface area contributed by atoms with E-state index in [-0.39, 0.29) is 17.2 Å². The lowest BCUT2D eigenvalue weighted by molar-refractivity contribution is -0.118. The van der Waals surface area contributed by atoms with Crippen molar-refractivity contribution in [2.24, 2.45) is 5.92 Å². The van der Waals surface area contributed by atoms with E-state index in [1.54, 1.807) is 36.4 Å². The van der Waals surface area contributed by atoms with E-state index in [4.69, 9.17) is 0 Å². The lowest BCUT2D eigenvalue weighted by Crippen LogP contribution is -2.28. The fourth-order valence-electron chi connectivity index (χ4n) is 2.73. The minimum absolute atomic E-state index is 0.123. The molecule has 3 rings (SSSR count). The molecule has 0 radical (unpaired) electrons. The smallest absolute Gasteiger partial charge is 0.266 e. The predicted octanol–water partition coefficient (Wildman–Crippen LogP) is 3.78. The summed E-state index contributed by atoms with van der Waals surface area (Å²) in [5.41, 5.74) is 0.632. The Morgan fingerprint density at radius 3 is 2.75 bits per heavy atom. The summed E-state index contributed by atoms with van der Waals surface area (Å²) in [6.07, 6.45) is 0.901. The number of nitrogens with zero attached hydrogens (tertiary/aromatic N) is 2. The van der Waals surface area contributed by atoms with Gasteiger partial charge in [0.15, 0.2) is 5.16 Å². The monoisotopic (exact) mass is 399 g/mol. The summed E-state index contributed by atoms with van der Waals surface area (Å²) in [5, 5.41) is 3.67. The summed E-state index contributed by atoms with van der Waals surface area (Å²) in [4.78, 5) is 29.7. The minimum Gasteiger partial charge on any atom is -0.355 e. The third-order valence-electron chi connectivity index (χ3n) is 4.19. The normalized spacial score (nSPS) is 11.1. The maximum absolute atomic E-state index is 13.7. The molecule has 28 heavy (non-hydrogen) atoms. The zero-order chi connectivity index (χ0) is 20.1. The molecule has 0 fully saturated rings. The van der Waals surface area contributed by atoms with Crippen LogP contribution in [0.25, 0.3) is 16.6 Å². The number of para-hydroxylation sites is 1. The molecule has 5 nitrogen and oxygen atoms in total. The van der Waals surface area contributed by atoms with Gasteiger partial charge in [0.2, 0.25) is 5.91 Å². The molecule has 0 saturated carbocycles. The molecule has 0 saturated heterocycles. The van der Waals surface area contributed by atoms with E-state index in [0.717, 1.165) is 18.2 Å². The molecule has 3 aromatic rings. The number of carbonyl (C=O) groups excluding carboxylic acids is 1. The van der Waals surface area contributed by atoms with E-state index < -0.39 is 5.82 Å². The van der Waals surface area contributed by atoms with Crippen molar-refractivity contribution in [1.82, 2.24) is 14.9 Å². The summed E-state index contributed by atoms with van der Waals surface area (Å²) in [6, 6.07) is 12.8. The second-order valence-electron chi connectivity index (χ2n) is 6.85. The Hall–Kier alpha value is -2.67. The molecule has 7 heteroatoms. The highest BCUT2D eigenvalue weighted by molar-refractivity contribution is 7.99. The zero-order valence-electron chi connectivity index (χ0n) is 15.8. The lowest BCUT2D eigenvalue weighted by atomic mass is 10.1. The first-order valence-corrected chi connectivity index (χ1v) is 10.1. The average Bonchev–Trinajstić information content (AvgIpc) is 2.66. The van der Waals surface area contributed by atoms with Gasteiger partial charge in [-0.05, 0) is 42.7 Å². The number of nitrogens with one attached hydrogen (secondary N) is 1. The van der Waals surface area contributed by atoms with E-state index in [1.165, 1.54) is 16.7 Å². The van der Waals surface area contributed by atoms with Crippen LogP contribution in [0.3, 0.4) is 0 Å². The molecule has 0 spiro atoms. The fraction of sp³-hybridized carbons (Fsp3) is 0.286. The molecule has 146 valence electrons. The minimum atomic E-state index is -0.445. The Morgan fingerprint density at radius 1 is 1.21 bits per heavy atom. The van der Waals surface area contributed by atoms with Crippen LogP contribution in [-0.4, -0.2) is 27.8 Å². The number of amides is 1. The fourth-order valence-corrected chi connectivity index (χ4v) is 3.58. The Labute approximate surface area is 167 Å². The first-order chi connectivity index (χ1) is 13.5. The molecule has 0 atom stereocenters. The number of fused-ring (bicyclic) bond motifs is 1. The summed E-state index contributed by atoms with van der Waals surface area (Å²) in [5.74, 6) is 0.0603. The van der Waals surface area contributed by atoms with Gasteiger partial charge in [0, 0.05) is 6.54 Å². The SMILES string of the molecule is CC(C)CCNC(=O)CSc1nc2ccccc2c(=O)n1-c1cccc(F)c1. The number of rotatable bonds is 7. The summed E-state index contributed by atoms with van der Waals surface area (Å²) in [6.45, 7) is 4.80. The molecule has 0 bridgehead atoms. The van der Waals surface area contributed by atoms with Crippen molar-refractivity contribution < 1.29 is 9.18 Å².